The normalized spacial score (nSPS) is 15.5. The molecule has 0 aromatic heterocycles. The van der Waals surface area contributed by atoms with Crippen LogP contribution in [0.1, 0.15) is 5.56 Å². The van der Waals surface area contributed by atoms with E-state index in [9.17, 15) is 9.59 Å². The molecule has 1 heterocycles. The number of nitrogens with one attached hydrogen (secondary N) is 1. The van der Waals surface area contributed by atoms with Gasteiger partial charge in [-0.1, -0.05) is 42.5 Å². The predicted octanol–water partition coefficient (Wildman–Crippen LogP) is 3.69. The lowest BCUT2D eigenvalue weighted by Gasteiger charge is -2.29. The van der Waals surface area contributed by atoms with Crippen molar-refractivity contribution in [1.82, 2.24) is 5.32 Å². The molecule has 0 aliphatic carbocycles. The summed E-state index contributed by atoms with van der Waals surface area (Å²) in [7, 11) is 3.06. The SMILES string of the molecule is COc1ccc(C=C2C(=O)NC(=S)N(c3cccc4ccccc34)C2=O)cc1OC. The van der Waals surface area contributed by atoms with Gasteiger partial charge in [-0.25, -0.2) is 0 Å². The first-order valence-electron chi connectivity index (χ1n) is 9.14. The number of fused-ring (bicyclic) bond motifs is 1. The van der Waals surface area contributed by atoms with Crippen molar-refractivity contribution in [3.63, 3.8) is 0 Å². The fourth-order valence-electron chi connectivity index (χ4n) is 3.39. The minimum atomic E-state index is -0.545. The molecule has 0 radical (unpaired) electrons. The zero-order valence-electron chi connectivity index (χ0n) is 16.3. The number of ether oxygens (including phenoxy) is 2. The molecule has 1 saturated heterocycles. The number of hydrogen-bond donors (Lipinski definition) is 1. The molecule has 30 heavy (non-hydrogen) atoms. The molecule has 150 valence electrons. The molecule has 2 amide bonds. The molecular formula is C23H18N2O4S. The van der Waals surface area contributed by atoms with Crippen molar-refractivity contribution in [3.05, 3.63) is 71.8 Å². The average Bonchev–Trinajstić information content (AvgIpc) is 2.76. The van der Waals surface area contributed by atoms with Gasteiger partial charge in [0.25, 0.3) is 11.8 Å². The molecular weight excluding hydrogens is 400 g/mol. The van der Waals surface area contributed by atoms with Crippen LogP contribution in [0.25, 0.3) is 16.8 Å². The largest absolute Gasteiger partial charge is 0.493 e. The van der Waals surface area contributed by atoms with E-state index >= 15 is 0 Å². The van der Waals surface area contributed by atoms with Crippen molar-refractivity contribution < 1.29 is 19.1 Å². The molecule has 0 unspecified atom stereocenters. The topological polar surface area (TPSA) is 67.9 Å². The lowest BCUT2D eigenvalue weighted by atomic mass is 10.0. The summed E-state index contributed by atoms with van der Waals surface area (Å²) in [4.78, 5) is 27.2. The highest BCUT2D eigenvalue weighted by Crippen LogP contribution is 2.31. The van der Waals surface area contributed by atoms with Crippen LogP contribution in [-0.2, 0) is 9.59 Å². The maximum atomic E-state index is 13.3. The molecule has 4 rings (SSSR count). The van der Waals surface area contributed by atoms with Crippen LogP contribution in [0.15, 0.2) is 66.2 Å². The summed E-state index contributed by atoms with van der Waals surface area (Å²) in [5.74, 6) is 0.0146. The Balaban J connectivity index is 1.79. The van der Waals surface area contributed by atoms with E-state index in [1.54, 1.807) is 24.3 Å². The molecule has 1 fully saturated rings. The molecule has 7 heteroatoms. The molecule has 3 aromatic rings. The fourth-order valence-corrected chi connectivity index (χ4v) is 3.66. The molecule has 6 nitrogen and oxygen atoms in total. The Labute approximate surface area is 178 Å². The number of thiocarbonyl (C=S) groups is 1. The second kappa shape index (κ2) is 7.96. The molecule has 0 spiro atoms. The highest BCUT2D eigenvalue weighted by Gasteiger charge is 2.35. The summed E-state index contributed by atoms with van der Waals surface area (Å²) in [5, 5.41) is 4.49. The van der Waals surface area contributed by atoms with E-state index in [2.05, 4.69) is 5.32 Å². The van der Waals surface area contributed by atoms with Gasteiger partial charge in [-0.05, 0) is 47.4 Å². The van der Waals surface area contributed by atoms with Crippen molar-refractivity contribution in [3.8, 4) is 11.5 Å². The minimum absolute atomic E-state index is 0.0243. The number of nitrogens with zero attached hydrogens (tertiary/aromatic N) is 1. The first-order valence-corrected chi connectivity index (χ1v) is 9.55. The van der Waals surface area contributed by atoms with Crippen molar-refractivity contribution in [1.29, 1.82) is 0 Å². The zero-order chi connectivity index (χ0) is 21.3. The number of hydrogen-bond acceptors (Lipinski definition) is 5. The van der Waals surface area contributed by atoms with Gasteiger partial charge < -0.3 is 9.47 Å². The Bertz CT molecular complexity index is 1210. The maximum Gasteiger partial charge on any atom is 0.270 e. The van der Waals surface area contributed by atoms with Gasteiger partial charge in [-0.15, -0.1) is 0 Å². The number of carbonyl (C=O) groups excluding carboxylic acids is 2. The van der Waals surface area contributed by atoms with Crippen LogP contribution in [0.4, 0.5) is 5.69 Å². The van der Waals surface area contributed by atoms with E-state index < -0.39 is 11.8 Å². The first kappa shape index (κ1) is 19.6. The van der Waals surface area contributed by atoms with Crippen molar-refractivity contribution >= 4 is 51.7 Å². The van der Waals surface area contributed by atoms with Gasteiger partial charge in [0.05, 0.1) is 19.9 Å². The maximum absolute atomic E-state index is 13.3. The van der Waals surface area contributed by atoms with E-state index in [4.69, 9.17) is 21.7 Å². The Morgan fingerprint density at radius 3 is 2.43 bits per heavy atom. The van der Waals surface area contributed by atoms with Gasteiger partial charge in [0, 0.05) is 5.39 Å². The molecule has 0 saturated carbocycles. The Kier molecular flexibility index (Phi) is 5.20. The molecule has 0 atom stereocenters. The summed E-state index contributed by atoms with van der Waals surface area (Å²) in [5.41, 5.74) is 1.21. The zero-order valence-corrected chi connectivity index (χ0v) is 17.2. The second-order valence-electron chi connectivity index (χ2n) is 6.57. The summed E-state index contributed by atoms with van der Waals surface area (Å²) < 4.78 is 10.5. The summed E-state index contributed by atoms with van der Waals surface area (Å²) in [6, 6.07) is 18.4. The van der Waals surface area contributed by atoms with Crippen molar-refractivity contribution in [2.45, 2.75) is 0 Å². The van der Waals surface area contributed by atoms with Gasteiger partial charge >= 0.3 is 0 Å². The summed E-state index contributed by atoms with van der Waals surface area (Å²) in [6.45, 7) is 0. The minimum Gasteiger partial charge on any atom is -0.493 e. The average molecular weight is 418 g/mol. The van der Waals surface area contributed by atoms with Crippen molar-refractivity contribution in [2.24, 2.45) is 0 Å². The second-order valence-corrected chi connectivity index (χ2v) is 6.96. The number of methoxy groups -OCH3 is 2. The van der Waals surface area contributed by atoms with E-state index in [0.717, 1.165) is 10.8 Å². The van der Waals surface area contributed by atoms with Gasteiger partial charge in [-0.3, -0.25) is 19.8 Å². The van der Waals surface area contributed by atoms with Crippen LogP contribution < -0.4 is 19.7 Å². The first-order chi connectivity index (χ1) is 14.5. The molecule has 1 aliphatic rings. The Hall–Kier alpha value is -3.71. The Morgan fingerprint density at radius 2 is 1.67 bits per heavy atom. The lowest BCUT2D eigenvalue weighted by molar-refractivity contribution is -0.122. The third-order valence-electron chi connectivity index (χ3n) is 4.83. The van der Waals surface area contributed by atoms with Crippen LogP contribution in [0.3, 0.4) is 0 Å². The molecule has 3 aromatic carbocycles. The van der Waals surface area contributed by atoms with E-state index in [1.807, 2.05) is 36.4 Å². The number of benzene rings is 3. The van der Waals surface area contributed by atoms with Crippen LogP contribution >= 0.6 is 12.2 Å². The van der Waals surface area contributed by atoms with Gasteiger partial charge in [0.2, 0.25) is 0 Å². The Morgan fingerprint density at radius 1 is 0.933 bits per heavy atom. The number of carbonyl (C=O) groups is 2. The van der Waals surface area contributed by atoms with E-state index in [1.165, 1.54) is 25.2 Å². The fraction of sp³-hybridized carbons (Fsp3) is 0.0870. The molecule has 1 aliphatic heterocycles. The van der Waals surface area contributed by atoms with Crippen LogP contribution in [0.2, 0.25) is 0 Å². The predicted molar refractivity (Wildman–Crippen MR) is 120 cm³/mol. The number of anilines is 1. The van der Waals surface area contributed by atoms with Gasteiger partial charge in [-0.2, -0.15) is 0 Å². The van der Waals surface area contributed by atoms with E-state index in [0.29, 0.717) is 22.7 Å². The lowest BCUT2D eigenvalue weighted by Crippen LogP contribution is -2.54. The summed E-state index contributed by atoms with van der Waals surface area (Å²) >= 11 is 5.33. The van der Waals surface area contributed by atoms with Crippen LogP contribution in [0.5, 0.6) is 11.5 Å². The quantitative estimate of drug-likeness (QED) is 0.398. The highest BCUT2D eigenvalue weighted by molar-refractivity contribution is 7.80. The van der Waals surface area contributed by atoms with Crippen LogP contribution in [-0.4, -0.2) is 31.1 Å². The van der Waals surface area contributed by atoms with Gasteiger partial charge in [0.15, 0.2) is 16.6 Å². The number of amides is 2. The molecule has 1 N–H and O–H groups in total. The summed E-state index contributed by atoms with van der Waals surface area (Å²) in [6.07, 6.45) is 1.51. The third kappa shape index (κ3) is 3.40. The number of rotatable bonds is 4. The monoisotopic (exact) mass is 418 g/mol. The van der Waals surface area contributed by atoms with Crippen molar-refractivity contribution in [2.75, 3.05) is 19.1 Å². The van der Waals surface area contributed by atoms with E-state index in [-0.39, 0.29) is 10.7 Å². The smallest absolute Gasteiger partial charge is 0.270 e. The molecule has 0 bridgehead atoms. The third-order valence-corrected chi connectivity index (χ3v) is 5.11. The van der Waals surface area contributed by atoms with Crippen LogP contribution in [0, 0.1) is 0 Å². The highest BCUT2D eigenvalue weighted by atomic mass is 32.1. The standard InChI is InChI=1S/C23H18N2O4S/c1-28-19-11-10-14(13-20(19)29-2)12-17-21(26)24-23(30)25(22(17)27)18-9-5-7-15-6-3-4-8-16(15)18/h3-13H,1-2H3,(H,24,26,30). The van der Waals surface area contributed by atoms with Gasteiger partial charge in [0.1, 0.15) is 5.57 Å².